The third-order valence-corrected chi connectivity index (χ3v) is 4.43. The Kier molecular flexibility index (Phi) is 4.32. The molecule has 3 rings (SSSR count). The molecule has 0 bridgehead atoms. The minimum Gasteiger partial charge on any atom is -0.301 e. The summed E-state index contributed by atoms with van der Waals surface area (Å²) in [5.74, 6) is 2.62. The Morgan fingerprint density at radius 3 is 2.86 bits per heavy atom. The van der Waals surface area contributed by atoms with E-state index in [0.717, 1.165) is 36.3 Å². The molecular weight excluding hydrogens is 294 g/mol. The number of aromatic nitrogens is 2. The Balaban J connectivity index is 1.76. The number of rotatable bonds is 3. The zero-order valence-corrected chi connectivity index (χ0v) is 13.2. The summed E-state index contributed by atoms with van der Waals surface area (Å²) in [7, 11) is 0. The molecule has 1 aromatic carbocycles. The van der Waals surface area contributed by atoms with Gasteiger partial charge in [-0.1, -0.05) is 29.8 Å². The summed E-state index contributed by atoms with van der Waals surface area (Å²) in [5.41, 5.74) is 3.81. The summed E-state index contributed by atoms with van der Waals surface area (Å²) in [6, 6.07) is 7.99. The maximum absolute atomic E-state index is 12.2. The fourth-order valence-corrected chi connectivity index (χ4v) is 3.05. The van der Waals surface area contributed by atoms with Crippen LogP contribution in [-0.4, -0.2) is 27.7 Å². The van der Waals surface area contributed by atoms with Gasteiger partial charge in [-0.2, -0.15) is 0 Å². The number of hydrogen-bond donors (Lipinski definition) is 1. The van der Waals surface area contributed by atoms with Crippen molar-refractivity contribution >= 4 is 11.8 Å². The Morgan fingerprint density at radius 2 is 2.18 bits per heavy atom. The van der Waals surface area contributed by atoms with Crippen LogP contribution in [-0.2, 0) is 19.5 Å². The van der Waals surface area contributed by atoms with Gasteiger partial charge in [0.15, 0.2) is 5.16 Å². The highest BCUT2D eigenvalue weighted by atomic mass is 32.2. The molecule has 0 aliphatic carbocycles. The number of nitrogens with zero attached hydrogens (tertiary/aromatic N) is 2. The molecular formula is C17H17N3OS. The van der Waals surface area contributed by atoms with Crippen LogP contribution in [0.5, 0.6) is 0 Å². The summed E-state index contributed by atoms with van der Waals surface area (Å²) in [4.78, 5) is 21.8. The third kappa shape index (κ3) is 3.08. The van der Waals surface area contributed by atoms with Crippen LogP contribution >= 0.6 is 11.8 Å². The number of nitrogens with one attached hydrogen (secondary N) is 1. The van der Waals surface area contributed by atoms with Crippen molar-refractivity contribution in [3.63, 3.8) is 0 Å². The maximum Gasteiger partial charge on any atom is 0.256 e. The molecule has 1 aromatic heterocycles. The zero-order valence-electron chi connectivity index (χ0n) is 12.4. The van der Waals surface area contributed by atoms with E-state index in [1.165, 1.54) is 17.3 Å². The normalized spacial score (nSPS) is 14.4. The molecule has 5 heteroatoms. The number of terminal acetylenes is 1. The molecule has 22 heavy (non-hydrogen) atoms. The van der Waals surface area contributed by atoms with Gasteiger partial charge < -0.3 is 4.98 Å². The summed E-state index contributed by atoms with van der Waals surface area (Å²) in [6.45, 7) is 2.37. The topological polar surface area (TPSA) is 49.0 Å². The Hall–Kier alpha value is -2.03. The highest BCUT2D eigenvalue weighted by Crippen LogP contribution is 2.18. The molecule has 0 fully saturated rings. The second-order valence-corrected chi connectivity index (χ2v) is 6.10. The lowest BCUT2D eigenvalue weighted by atomic mass is 10.1. The van der Waals surface area contributed by atoms with Crippen LogP contribution in [0.15, 0.2) is 34.2 Å². The van der Waals surface area contributed by atoms with Gasteiger partial charge in [-0.25, -0.2) is 4.98 Å². The number of fused-ring (bicyclic) bond motifs is 1. The molecule has 0 amide bonds. The highest BCUT2D eigenvalue weighted by molar-refractivity contribution is 7.98. The lowest BCUT2D eigenvalue weighted by Crippen LogP contribution is -2.35. The zero-order chi connectivity index (χ0) is 15.5. The second kappa shape index (κ2) is 6.39. The first-order chi connectivity index (χ1) is 10.7. The Morgan fingerprint density at radius 1 is 1.41 bits per heavy atom. The number of H-pyrrole nitrogens is 1. The van der Waals surface area contributed by atoms with Crippen LogP contribution in [0.25, 0.3) is 0 Å². The van der Waals surface area contributed by atoms with Crippen molar-refractivity contribution in [2.45, 2.75) is 24.7 Å². The van der Waals surface area contributed by atoms with Crippen molar-refractivity contribution < 1.29 is 0 Å². The third-order valence-electron chi connectivity index (χ3n) is 3.85. The number of benzene rings is 1. The van der Waals surface area contributed by atoms with Crippen LogP contribution in [0.2, 0.25) is 0 Å². The van der Waals surface area contributed by atoms with E-state index in [1.807, 2.05) is 30.5 Å². The summed E-state index contributed by atoms with van der Waals surface area (Å²) in [6.07, 6.45) is 8.10. The molecule has 2 heterocycles. The van der Waals surface area contributed by atoms with Crippen LogP contribution in [0, 0.1) is 12.3 Å². The van der Waals surface area contributed by atoms with Crippen LogP contribution in [0.4, 0.5) is 0 Å². The van der Waals surface area contributed by atoms with E-state index >= 15 is 0 Å². The summed E-state index contributed by atoms with van der Waals surface area (Å²) < 4.78 is 0. The van der Waals surface area contributed by atoms with E-state index in [1.54, 1.807) is 0 Å². The van der Waals surface area contributed by atoms with Crippen molar-refractivity contribution in [2.24, 2.45) is 0 Å². The average molecular weight is 311 g/mol. The molecule has 0 unspecified atom stereocenters. The number of aromatic amines is 1. The number of hydrogen-bond acceptors (Lipinski definition) is 4. The van der Waals surface area contributed by atoms with Gasteiger partial charge >= 0.3 is 0 Å². The van der Waals surface area contributed by atoms with Gasteiger partial charge in [-0.15, -0.1) is 6.42 Å². The van der Waals surface area contributed by atoms with E-state index in [9.17, 15) is 4.79 Å². The first-order valence-electron chi connectivity index (χ1n) is 7.13. The molecule has 0 saturated carbocycles. The minimum absolute atomic E-state index is 0.0123. The van der Waals surface area contributed by atoms with Gasteiger partial charge in [-0.3, -0.25) is 9.69 Å². The fourth-order valence-electron chi connectivity index (χ4n) is 2.65. The van der Waals surface area contributed by atoms with E-state index in [4.69, 9.17) is 6.42 Å². The van der Waals surface area contributed by atoms with Gasteiger partial charge in [0.1, 0.15) is 0 Å². The van der Waals surface area contributed by atoms with Crippen LogP contribution in [0.3, 0.4) is 0 Å². The van der Waals surface area contributed by atoms with Crippen molar-refractivity contribution in [3.05, 3.63) is 57.0 Å². The predicted molar refractivity (Wildman–Crippen MR) is 88.8 cm³/mol. The van der Waals surface area contributed by atoms with Crippen molar-refractivity contribution in [1.82, 2.24) is 14.9 Å². The molecule has 2 aromatic rings. The summed E-state index contributed by atoms with van der Waals surface area (Å²) in [5, 5.41) is 0.696. The smallest absolute Gasteiger partial charge is 0.256 e. The standard InChI is InChI=1S/C17H17N3OS/c1-3-12-4-6-13(7-5-12)10-20-9-8-15-14(11-20)16(21)19-17(18-15)22-2/h1,4-7H,8-11H2,2H3,(H,18,19,21). The molecule has 0 spiro atoms. The largest absolute Gasteiger partial charge is 0.301 e. The molecule has 1 N–H and O–H groups in total. The van der Waals surface area contributed by atoms with E-state index < -0.39 is 0 Å². The maximum atomic E-state index is 12.2. The van der Waals surface area contributed by atoms with E-state index in [0.29, 0.717) is 11.7 Å². The van der Waals surface area contributed by atoms with Gasteiger partial charge in [0.2, 0.25) is 0 Å². The molecule has 1 aliphatic heterocycles. The first-order valence-corrected chi connectivity index (χ1v) is 8.36. The average Bonchev–Trinajstić information content (AvgIpc) is 2.56. The molecule has 0 saturated heterocycles. The van der Waals surface area contributed by atoms with Crippen LogP contribution < -0.4 is 5.56 Å². The SMILES string of the molecule is C#Cc1ccc(CN2CCc3nc(SC)[nH]c(=O)c3C2)cc1. The van der Waals surface area contributed by atoms with Gasteiger partial charge in [0, 0.05) is 31.6 Å². The minimum atomic E-state index is -0.0123. The molecule has 0 atom stereocenters. The Bertz CT molecular complexity index is 774. The predicted octanol–water partition coefficient (Wildman–Crippen LogP) is 2.03. The fraction of sp³-hybridized carbons (Fsp3) is 0.294. The van der Waals surface area contributed by atoms with E-state index in [2.05, 4.69) is 20.8 Å². The lowest BCUT2D eigenvalue weighted by molar-refractivity contribution is 0.241. The number of thioether (sulfide) groups is 1. The van der Waals surface area contributed by atoms with Gasteiger partial charge in [-0.05, 0) is 24.0 Å². The molecule has 1 aliphatic rings. The van der Waals surface area contributed by atoms with Crippen molar-refractivity contribution in [3.8, 4) is 12.3 Å². The summed E-state index contributed by atoms with van der Waals surface area (Å²) >= 11 is 1.47. The second-order valence-electron chi connectivity index (χ2n) is 5.30. The highest BCUT2D eigenvalue weighted by Gasteiger charge is 2.21. The van der Waals surface area contributed by atoms with Gasteiger partial charge in [0.25, 0.3) is 5.56 Å². The first kappa shape index (κ1) is 14.9. The van der Waals surface area contributed by atoms with Crippen molar-refractivity contribution in [2.75, 3.05) is 12.8 Å². The quantitative estimate of drug-likeness (QED) is 0.535. The van der Waals surface area contributed by atoms with Gasteiger partial charge in [0.05, 0.1) is 11.3 Å². The van der Waals surface area contributed by atoms with E-state index in [-0.39, 0.29) is 5.56 Å². The lowest BCUT2D eigenvalue weighted by Gasteiger charge is -2.27. The van der Waals surface area contributed by atoms with Crippen LogP contribution in [0.1, 0.15) is 22.4 Å². The van der Waals surface area contributed by atoms with Crippen molar-refractivity contribution in [1.29, 1.82) is 0 Å². The molecule has 0 radical (unpaired) electrons. The molecule has 4 nitrogen and oxygen atoms in total. The monoisotopic (exact) mass is 311 g/mol. The Labute approximate surface area is 134 Å². The molecule has 112 valence electrons.